The number of thiocarbonyl (C=S) groups is 1. The van der Waals surface area contributed by atoms with E-state index in [1.165, 1.54) is 0 Å². The molecule has 0 bridgehead atoms. The van der Waals surface area contributed by atoms with Gasteiger partial charge in [0.1, 0.15) is 11.7 Å². The van der Waals surface area contributed by atoms with Crippen LogP contribution >= 0.6 is 12.2 Å². The third kappa shape index (κ3) is 4.28. The summed E-state index contributed by atoms with van der Waals surface area (Å²) in [6.07, 6.45) is -0.176. The number of esters is 1. The summed E-state index contributed by atoms with van der Waals surface area (Å²) in [5.74, 6) is -0.00138. The molecule has 1 aliphatic rings. The summed E-state index contributed by atoms with van der Waals surface area (Å²) in [6.45, 7) is 8.02. The molecule has 1 heterocycles. The summed E-state index contributed by atoms with van der Waals surface area (Å²) >= 11 is 5.18. The predicted octanol–water partition coefficient (Wildman–Crippen LogP) is 3.04. The van der Waals surface area contributed by atoms with Crippen molar-refractivity contribution in [3.8, 4) is 5.75 Å². The number of aliphatic imine (C=N–C) groups is 1. The molecular formula is C17H22N2O3S. The van der Waals surface area contributed by atoms with E-state index in [0.717, 1.165) is 11.3 Å². The van der Waals surface area contributed by atoms with Gasteiger partial charge in [0.2, 0.25) is 0 Å². The molecule has 1 aromatic rings. The topological polar surface area (TPSA) is 59.9 Å². The van der Waals surface area contributed by atoms with Crippen LogP contribution in [0.4, 0.5) is 0 Å². The van der Waals surface area contributed by atoms with Crippen molar-refractivity contribution in [2.45, 2.75) is 39.8 Å². The number of nitrogens with zero attached hydrogens (tertiary/aromatic N) is 1. The highest BCUT2D eigenvalue weighted by Gasteiger charge is 2.37. The van der Waals surface area contributed by atoms with Crippen molar-refractivity contribution in [2.24, 2.45) is 10.9 Å². The number of hydrogen-bond acceptors (Lipinski definition) is 4. The van der Waals surface area contributed by atoms with Gasteiger partial charge in [0.25, 0.3) is 0 Å². The molecule has 1 N–H and O–H groups in total. The van der Waals surface area contributed by atoms with Crippen molar-refractivity contribution in [2.75, 3.05) is 6.61 Å². The largest absolute Gasteiger partial charge is 0.494 e. The molecule has 0 aromatic heterocycles. The lowest BCUT2D eigenvalue weighted by molar-refractivity contribution is -0.150. The number of carbonyl (C=O) groups excluding carboxylic acids is 1. The first-order chi connectivity index (χ1) is 10.9. The zero-order chi connectivity index (χ0) is 17.0. The van der Waals surface area contributed by atoms with Crippen LogP contribution in [0.1, 0.15) is 39.3 Å². The minimum Gasteiger partial charge on any atom is -0.494 e. The minimum atomic E-state index is -0.498. The highest BCUT2D eigenvalue weighted by Crippen LogP contribution is 2.29. The zero-order valence-corrected chi connectivity index (χ0v) is 14.6. The molecule has 1 aliphatic heterocycles. The molecule has 2 atom stereocenters. The fourth-order valence-electron chi connectivity index (χ4n) is 2.55. The fourth-order valence-corrected chi connectivity index (χ4v) is 2.82. The number of benzene rings is 1. The number of ether oxygens (including phenoxy) is 2. The number of nitrogens with one attached hydrogen (secondary N) is 1. The van der Waals surface area contributed by atoms with E-state index >= 15 is 0 Å². The first-order valence-corrected chi connectivity index (χ1v) is 8.12. The van der Waals surface area contributed by atoms with Crippen LogP contribution in [0.5, 0.6) is 5.75 Å². The van der Waals surface area contributed by atoms with E-state index in [1.54, 1.807) is 6.92 Å². The van der Waals surface area contributed by atoms with Crippen LogP contribution in [-0.4, -0.2) is 29.5 Å². The molecular weight excluding hydrogens is 312 g/mol. The maximum Gasteiger partial charge on any atom is 0.317 e. The normalized spacial score (nSPS) is 20.7. The number of rotatable bonds is 5. The molecule has 0 saturated heterocycles. The SMILES string of the molecule is CCOc1ccc(C2NC(=S)N=C(C)C2C(=O)OC(C)C)cc1. The van der Waals surface area contributed by atoms with E-state index in [-0.39, 0.29) is 18.1 Å². The molecule has 0 amide bonds. The third-order valence-corrected chi connectivity index (χ3v) is 3.71. The highest BCUT2D eigenvalue weighted by molar-refractivity contribution is 7.80. The summed E-state index contributed by atoms with van der Waals surface area (Å²) in [5, 5.41) is 3.51. The van der Waals surface area contributed by atoms with Gasteiger partial charge in [-0.1, -0.05) is 12.1 Å². The van der Waals surface area contributed by atoms with Crippen LogP contribution in [0.15, 0.2) is 29.3 Å². The van der Waals surface area contributed by atoms with Crippen LogP contribution < -0.4 is 10.1 Å². The maximum atomic E-state index is 12.5. The molecule has 2 rings (SSSR count). The Hall–Kier alpha value is -1.95. The lowest BCUT2D eigenvalue weighted by Gasteiger charge is -2.31. The van der Waals surface area contributed by atoms with E-state index < -0.39 is 5.92 Å². The second-order valence-electron chi connectivity index (χ2n) is 5.65. The lowest BCUT2D eigenvalue weighted by atomic mass is 9.88. The Kier molecular flexibility index (Phi) is 5.71. The van der Waals surface area contributed by atoms with Gasteiger partial charge in [-0.3, -0.25) is 4.79 Å². The van der Waals surface area contributed by atoms with Gasteiger partial charge >= 0.3 is 5.97 Å². The smallest absolute Gasteiger partial charge is 0.317 e. The quantitative estimate of drug-likeness (QED) is 0.662. The molecule has 0 aliphatic carbocycles. The van der Waals surface area contributed by atoms with E-state index in [0.29, 0.717) is 17.4 Å². The molecule has 0 radical (unpaired) electrons. The van der Waals surface area contributed by atoms with Crippen molar-refractivity contribution in [3.05, 3.63) is 29.8 Å². The monoisotopic (exact) mass is 334 g/mol. The van der Waals surface area contributed by atoms with E-state index in [1.807, 2.05) is 45.0 Å². The average Bonchev–Trinajstić information content (AvgIpc) is 2.46. The summed E-state index contributed by atoms with van der Waals surface area (Å²) in [6, 6.07) is 7.34. The summed E-state index contributed by atoms with van der Waals surface area (Å²) < 4.78 is 10.8. The summed E-state index contributed by atoms with van der Waals surface area (Å²) in [5.41, 5.74) is 1.61. The number of carbonyl (C=O) groups is 1. The Balaban J connectivity index is 2.30. The summed E-state index contributed by atoms with van der Waals surface area (Å²) in [7, 11) is 0. The van der Waals surface area contributed by atoms with Crippen LogP contribution in [0.25, 0.3) is 0 Å². The van der Waals surface area contributed by atoms with Crippen molar-refractivity contribution >= 4 is 29.0 Å². The van der Waals surface area contributed by atoms with Crippen LogP contribution in [0, 0.1) is 5.92 Å². The molecule has 0 saturated carbocycles. The lowest BCUT2D eigenvalue weighted by Crippen LogP contribution is -2.44. The van der Waals surface area contributed by atoms with Crippen molar-refractivity contribution in [1.29, 1.82) is 0 Å². The molecule has 5 nitrogen and oxygen atoms in total. The molecule has 6 heteroatoms. The second kappa shape index (κ2) is 7.55. The van der Waals surface area contributed by atoms with Gasteiger partial charge in [-0.25, -0.2) is 4.99 Å². The standard InChI is InChI=1S/C17H22N2O3S/c1-5-21-13-8-6-12(7-9-13)15-14(16(20)22-10(2)3)11(4)18-17(23)19-15/h6-10,14-15H,5H2,1-4H3,(H,19,23). The zero-order valence-electron chi connectivity index (χ0n) is 13.8. The Bertz CT molecular complexity index is 611. The summed E-state index contributed by atoms with van der Waals surface area (Å²) in [4.78, 5) is 16.7. The van der Waals surface area contributed by atoms with Crippen LogP contribution in [-0.2, 0) is 9.53 Å². The van der Waals surface area contributed by atoms with Gasteiger partial charge in [-0.2, -0.15) is 0 Å². The Morgan fingerprint density at radius 3 is 2.57 bits per heavy atom. The number of hydrogen-bond donors (Lipinski definition) is 1. The van der Waals surface area contributed by atoms with E-state index in [9.17, 15) is 4.79 Å². The molecule has 0 fully saturated rings. The van der Waals surface area contributed by atoms with Crippen molar-refractivity contribution < 1.29 is 14.3 Å². The Labute approximate surface area is 142 Å². The van der Waals surface area contributed by atoms with E-state index in [4.69, 9.17) is 21.7 Å². The van der Waals surface area contributed by atoms with Gasteiger partial charge in [-0.15, -0.1) is 0 Å². The van der Waals surface area contributed by atoms with Gasteiger partial charge in [0, 0.05) is 5.71 Å². The van der Waals surface area contributed by atoms with Crippen LogP contribution in [0.3, 0.4) is 0 Å². The highest BCUT2D eigenvalue weighted by atomic mass is 32.1. The van der Waals surface area contributed by atoms with Gasteiger partial charge in [0.15, 0.2) is 5.11 Å². The predicted molar refractivity (Wildman–Crippen MR) is 93.9 cm³/mol. The minimum absolute atomic E-state index is 0.176. The molecule has 1 aromatic carbocycles. The molecule has 23 heavy (non-hydrogen) atoms. The first-order valence-electron chi connectivity index (χ1n) is 7.71. The van der Waals surface area contributed by atoms with Crippen molar-refractivity contribution in [1.82, 2.24) is 5.32 Å². The van der Waals surface area contributed by atoms with Crippen LogP contribution in [0.2, 0.25) is 0 Å². The molecule has 2 unspecified atom stereocenters. The fraction of sp³-hybridized carbons (Fsp3) is 0.471. The van der Waals surface area contributed by atoms with Crippen molar-refractivity contribution in [3.63, 3.8) is 0 Å². The van der Waals surface area contributed by atoms with Gasteiger partial charge < -0.3 is 14.8 Å². The Morgan fingerprint density at radius 1 is 1.35 bits per heavy atom. The third-order valence-electron chi connectivity index (χ3n) is 3.50. The van der Waals surface area contributed by atoms with Gasteiger partial charge in [0.05, 0.1) is 18.8 Å². The van der Waals surface area contributed by atoms with Gasteiger partial charge in [-0.05, 0) is 57.6 Å². The molecule has 124 valence electrons. The first kappa shape index (κ1) is 17.4. The molecule has 0 spiro atoms. The average molecular weight is 334 g/mol. The Morgan fingerprint density at radius 2 is 2.00 bits per heavy atom. The maximum absolute atomic E-state index is 12.5. The van der Waals surface area contributed by atoms with E-state index in [2.05, 4.69) is 10.3 Å². The second-order valence-corrected chi connectivity index (χ2v) is 6.03.